The van der Waals surface area contributed by atoms with E-state index in [0.29, 0.717) is 0 Å². The molecule has 1 aliphatic rings. The number of imide groups is 1. The molecule has 0 saturated carbocycles. The summed E-state index contributed by atoms with van der Waals surface area (Å²) in [6, 6.07) is 12.5. The quantitative estimate of drug-likeness (QED) is 0.863. The summed E-state index contributed by atoms with van der Waals surface area (Å²) in [6.07, 6.45) is 0.0609. The first kappa shape index (κ1) is 13.3. The average Bonchev–Trinajstić information content (AvgIpc) is 2.78. The van der Waals surface area contributed by atoms with Crippen LogP contribution in [-0.2, 0) is 9.59 Å². The summed E-state index contributed by atoms with van der Waals surface area (Å²) in [5, 5.41) is 9.18. The lowest BCUT2D eigenvalue weighted by atomic mass is 9.98. The molecule has 5 heteroatoms. The summed E-state index contributed by atoms with van der Waals surface area (Å²) in [7, 11) is 0. The van der Waals surface area contributed by atoms with Crippen molar-refractivity contribution >= 4 is 17.5 Å². The number of aromatic hydroxyl groups is 1. The van der Waals surface area contributed by atoms with Gasteiger partial charge in [-0.05, 0) is 17.7 Å². The number of carbonyl (C=O) groups is 2. The summed E-state index contributed by atoms with van der Waals surface area (Å²) in [6.45, 7) is 0. The lowest BCUT2D eigenvalue weighted by Gasteiger charge is -2.15. The molecule has 0 aliphatic carbocycles. The highest BCUT2D eigenvalue weighted by Crippen LogP contribution is 2.34. The summed E-state index contributed by atoms with van der Waals surface area (Å²) in [5.74, 6) is -2.68. The lowest BCUT2D eigenvalue weighted by Crippen LogP contribution is -2.30. The SMILES string of the molecule is O=C1CC(c2ccccc2)C(=O)N1c1ccc(O)c(F)c1. The Bertz CT molecular complexity index is 715. The second-order valence-electron chi connectivity index (χ2n) is 4.87. The summed E-state index contributed by atoms with van der Waals surface area (Å²) in [5.41, 5.74) is 0.899. The number of benzene rings is 2. The van der Waals surface area contributed by atoms with E-state index in [1.807, 2.05) is 6.07 Å². The molecule has 1 atom stereocenters. The molecule has 1 heterocycles. The largest absolute Gasteiger partial charge is 0.505 e. The summed E-state index contributed by atoms with van der Waals surface area (Å²) in [4.78, 5) is 25.5. The van der Waals surface area contributed by atoms with E-state index in [1.54, 1.807) is 24.3 Å². The van der Waals surface area contributed by atoms with Crippen molar-refractivity contribution < 1.29 is 19.1 Å². The Hall–Kier alpha value is -2.69. The fraction of sp³-hybridized carbons (Fsp3) is 0.125. The lowest BCUT2D eigenvalue weighted by molar-refractivity contribution is -0.121. The number of amides is 2. The fourth-order valence-electron chi connectivity index (χ4n) is 2.48. The van der Waals surface area contributed by atoms with Crippen molar-refractivity contribution in [3.05, 3.63) is 59.9 Å². The molecule has 0 bridgehead atoms. The smallest absolute Gasteiger partial charge is 0.241 e. The summed E-state index contributed by atoms with van der Waals surface area (Å²) < 4.78 is 13.4. The van der Waals surface area contributed by atoms with Crippen LogP contribution in [0.4, 0.5) is 10.1 Å². The molecule has 2 aromatic carbocycles. The van der Waals surface area contributed by atoms with Crippen LogP contribution >= 0.6 is 0 Å². The number of halogens is 1. The molecule has 1 aliphatic heterocycles. The highest BCUT2D eigenvalue weighted by molar-refractivity contribution is 6.22. The topological polar surface area (TPSA) is 57.6 Å². The van der Waals surface area contributed by atoms with Gasteiger partial charge in [-0.15, -0.1) is 0 Å². The first-order chi connectivity index (χ1) is 10.1. The number of anilines is 1. The van der Waals surface area contributed by atoms with Crippen LogP contribution in [0.2, 0.25) is 0 Å². The van der Waals surface area contributed by atoms with E-state index in [4.69, 9.17) is 0 Å². The Labute approximate surface area is 120 Å². The van der Waals surface area contributed by atoms with Crippen LogP contribution < -0.4 is 4.90 Å². The van der Waals surface area contributed by atoms with Gasteiger partial charge in [-0.2, -0.15) is 0 Å². The standard InChI is InChI=1S/C16H12FNO3/c17-13-8-11(6-7-14(13)19)18-15(20)9-12(16(18)21)10-4-2-1-3-5-10/h1-8,12,19H,9H2. The van der Waals surface area contributed by atoms with Crippen LogP contribution in [0.3, 0.4) is 0 Å². The van der Waals surface area contributed by atoms with Gasteiger partial charge in [-0.25, -0.2) is 9.29 Å². The molecule has 1 fully saturated rings. The van der Waals surface area contributed by atoms with Crippen molar-refractivity contribution in [3.8, 4) is 5.75 Å². The molecule has 3 rings (SSSR count). The molecule has 1 unspecified atom stereocenters. The highest BCUT2D eigenvalue weighted by Gasteiger charge is 2.40. The number of phenolic OH excluding ortho intramolecular Hbond substituents is 1. The average molecular weight is 285 g/mol. The third kappa shape index (κ3) is 2.27. The molecular formula is C16H12FNO3. The number of hydrogen-bond acceptors (Lipinski definition) is 3. The van der Waals surface area contributed by atoms with Gasteiger partial charge in [-0.3, -0.25) is 9.59 Å². The number of carbonyl (C=O) groups excluding carboxylic acids is 2. The zero-order valence-electron chi connectivity index (χ0n) is 11.0. The van der Waals surface area contributed by atoms with Gasteiger partial charge in [0.2, 0.25) is 11.8 Å². The molecule has 2 aromatic rings. The van der Waals surface area contributed by atoms with E-state index in [0.717, 1.165) is 22.6 Å². The van der Waals surface area contributed by atoms with Gasteiger partial charge in [0, 0.05) is 12.5 Å². The van der Waals surface area contributed by atoms with Crippen LogP contribution in [0, 0.1) is 5.82 Å². The molecule has 0 spiro atoms. The number of phenols is 1. The second-order valence-corrected chi connectivity index (χ2v) is 4.87. The van der Waals surface area contributed by atoms with Gasteiger partial charge in [0.05, 0.1) is 11.6 Å². The van der Waals surface area contributed by atoms with Crippen molar-refractivity contribution in [1.82, 2.24) is 0 Å². The Balaban J connectivity index is 1.96. The second kappa shape index (κ2) is 5.01. The predicted octanol–water partition coefficient (Wildman–Crippen LogP) is 2.58. The van der Waals surface area contributed by atoms with Gasteiger partial charge in [0.25, 0.3) is 0 Å². The maximum absolute atomic E-state index is 13.4. The first-order valence-corrected chi connectivity index (χ1v) is 6.48. The van der Waals surface area contributed by atoms with Crippen LogP contribution in [0.5, 0.6) is 5.75 Å². The van der Waals surface area contributed by atoms with Gasteiger partial charge in [0.15, 0.2) is 11.6 Å². The molecule has 2 amide bonds. The number of hydrogen-bond donors (Lipinski definition) is 1. The van der Waals surface area contributed by atoms with Gasteiger partial charge in [0.1, 0.15) is 0 Å². The number of rotatable bonds is 2. The van der Waals surface area contributed by atoms with E-state index in [9.17, 15) is 19.1 Å². The normalized spacial score (nSPS) is 18.3. The van der Waals surface area contributed by atoms with Gasteiger partial charge < -0.3 is 5.11 Å². The Morgan fingerprint density at radius 3 is 2.48 bits per heavy atom. The molecule has 0 radical (unpaired) electrons. The zero-order chi connectivity index (χ0) is 15.0. The Morgan fingerprint density at radius 1 is 1.10 bits per heavy atom. The van der Waals surface area contributed by atoms with Crippen molar-refractivity contribution in [2.75, 3.05) is 4.90 Å². The van der Waals surface area contributed by atoms with Crippen molar-refractivity contribution in [1.29, 1.82) is 0 Å². The minimum atomic E-state index is -0.865. The minimum Gasteiger partial charge on any atom is -0.505 e. The van der Waals surface area contributed by atoms with Crippen molar-refractivity contribution in [3.63, 3.8) is 0 Å². The maximum atomic E-state index is 13.4. The van der Waals surface area contributed by atoms with E-state index < -0.39 is 17.5 Å². The monoisotopic (exact) mass is 285 g/mol. The Kier molecular flexibility index (Phi) is 3.17. The van der Waals surface area contributed by atoms with Crippen LogP contribution in [0.15, 0.2) is 48.5 Å². The van der Waals surface area contributed by atoms with Crippen LogP contribution in [0.1, 0.15) is 17.9 Å². The molecule has 106 valence electrons. The van der Waals surface area contributed by atoms with Crippen molar-refractivity contribution in [2.24, 2.45) is 0 Å². The molecule has 0 aromatic heterocycles. The molecule has 1 N–H and O–H groups in total. The molecular weight excluding hydrogens is 273 g/mol. The molecule has 1 saturated heterocycles. The van der Waals surface area contributed by atoms with Crippen LogP contribution in [-0.4, -0.2) is 16.9 Å². The molecule has 21 heavy (non-hydrogen) atoms. The van der Waals surface area contributed by atoms with E-state index in [1.165, 1.54) is 6.07 Å². The summed E-state index contributed by atoms with van der Waals surface area (Å²) >= 11 is 0. The Morgan fingerprint density at radius 2 is 1.81 bits per heavy atom. The number of nitrogens with zero attached hydrogens (tertiary/aromatic N) is 1. The zero-order valence-corrected chi connectivity index (χ0v) is 11.0. The third-order valence-electron chi connectivity index (χ3n) is 3.54. The molecule has 4 nitrogen and oxygen atoms in total. The van der Waals surface area contributed by atoms with E-state index >= 15 is 0 Å². The van der Waals surface area contributed by atoms with Crippen LogP contribution in [0.25, 0.3) is 0 Å². The highest BCUT2D eigenvalue weighted by atomic mass is 19.1. The fourth-order valence-corrected chi connectivity index (χ4v) is 2.48. The van der Waals surface area contributed by atoms with E-state index in [2.05, 4.69) is 0 Å². The van der Waals surface area contributed by atoms with E-state index in [-0.39, 0.29) is 23.9 Å². The maximum Gasteiger partial charge on any atom is 0.241 e. The third-order valence-corrected chi connectivity index (χ3v) is 3.54. The first-order valence-electron chi connectivity index (χ1n) is 6.48. The van der Waals surface area contributed by atoms with Gasteiger partial charge in [-0.1, -0.05) is 30.3 Å². The minimum absolute atomic E-state index is 0.0609. The van der Waals surface area contributed by atoms with Gasteiger partial charge >= 0.3 is 0 Å². The van der Waals surface area contributed by atoms with Crippen molar-refractivity contribution in [2.45, 2.75) is 12.3 Å². The predicted molar refractivity (Wildman–Crippen MR) is 74.4 cm³/mol.